The molecule has 3 heterocycles. The topological polar surface area (TPSA) is 135 Å². The van der Waals surface area contributed by atoms with E-state index in [2.05, 4.69) is 28.8 Å². The highest BCUT2D eigenvalue weighted by Gasteiger charge is 2.75. The molecule has 10 nitrogen and oxygen atoms in total. The molecule has 1 unspecified atom stereocenters. The van der Waals surface area contributed by atoms with Gasteiger partial charge in [-0.2, -0.15) is 0 Å². The van der Waals surface area contributed by atoms with Gasteiger partial charge in [0.05, 0.1) is 18.5 Å². The largest absolute Gasteiger partial charge is 0.459 e. The van der Waals surface area contributed by atoms with Gasteiger partial charge >= 0.3 is 5.97 Å². The SMILES string of the molecule is CO[C@@H]1C=C(C)C[C@H](OC(C)=O)[C@]23OC(O)[C@H]([C@H]1n1cnc4c(N)ncnc41)[C@H]2CC3(C)C. The molecule has 178 valence electrons. The van der Waals surface area contributed by atoms with Gasteiger partial charge in [-0.1, -0.05) is 25.5 Å². The third kappa shape index (κ3) is 3.04. The molecule has 3 N–H and O–H groups in total. The zero-order valence-electron chi connectivity index (χ0n) is 19.6. The number of nitrogens with zero attached hydrogens (tertiary/aromatic N) is 4. The molecule has 2 aliphatic carbocycles. The van der Waals surface area contributed by atoms with Crippen molar-refractivity contribution in [2.75, 3.05) is 12.8 Å². The van der Waals surface area contributed by atoms with Crippen molar-refractivity contribution in [3.8, 4) is 0 Å². The summed E-state index contributed by atoms with van der Waals surface area (Å²) < 4.78 is 20.2. The van der Waals surface area contributed by atoms with Crippen LogP contribution in [0.25, 0.3) is 11.2 Å². The lowest BCUT2D eigenvalue weighted by molar-refractivity contribution is -0.276. The van der Waals surface area contributed by atoms with E-state index in [9.17, 15) is 9.90 Å². The van der Waals surface area contributed by atoms with Crippen LogP contribution in [0.4, 0.5) is 5.82 Å². The van der Waals surface area contributed by atoms with Crippen molar-refractivity contribution in [2.45, 2.75) is 70.7 Å². The fourth-order valence-electron chi connectivity index (χ4n) is 6.61. The number of fused-ring (bicyclic) bond motifs is 1. The molecule has 0 aromatic carbocycles. The monoisotopic (exact) mass is 457 g/mol. The standard InChI is InChI=1S/C23H31N5O5/c1-11-6-14(31-5)18(28-10-27-17-19(24)25-9-26-20(17)28)16-13-8-22(3,4)23(13,33-21(16)30)15(7-11)32-12(2)29/h6,9-10,13-16,18,21,30H,7-8H2,1-5H3,(H2,24,25,26)/t13-,14-,15+,16+,18+,21?,23-/m1/s1. The maximum atomic E-state index is 12.1. The van der Waals surface area contributed by atoms with Crippen LogP contribution in [0.1, 0.15) is 46.6 Å². The van der Waals surface area contributed by atoms with E-state index in [0.717, 1.165) is 12.0 Å². The zero-order chi connectivity index (χ0) is 23.7. The van der Waals surface area contributed by atoms with Crippen molar-refractivity contribution in [3.63, 3.8) is 0 Å². The van der Waals surface area contributed by atoms with E-state index in [1.165, 1.54) is 13.3 Å². The maximum absolute atomic E-state index is 12.1. The normalized spacial score (nSPS) is 37.3. The molecule has 0 spiro atoms. The summed E-state index contributed by atoms with van der Waals surface area (Å²) in [4.78, 5) is 25.0. The molecule has 2 bridgehead atoms. The first-order valence-electron chi connectivity index (χ1n) is 11.3. The predicted molar refractivity (Wildman–Crippen MR) is 119 cm³/mol. The summed E-state index contributed by atoms with van der Waals surface area (Å²) in [6.07, 6.45) is 4.41. The number of carbonyl (C=O) groups excluding carboxylic acids is 1. The van der Waals surface area contributed by atoms with Crippen LogP contribution in [0.5, 0.6) is 0 Å². The van der Waals surface area contributed by atoms with Gasteiger partial charge in [-0.15, -0.1) is 0 Å². The van der Waals surface area contributed by atoms with Crippen molar-refractivity contribution in [2.24, 2.45) is 17.3 Å². The smallest absolute Gasteiger partial charge is 0.303 e. The summed E-state index contributed by atoms with van der Waals surface area (Å²) in [7, 11) is 1.64. The van der Waals surface area contributed by atoms with E-state index >= 15 is 0 Å². The van der Waals surface area contributed by atoms with E-state index in [1.54, 1.807) is 13.4 Å². The molecular weight excluding hydrogens is 426 g/mol. The Balaban J connectivity index is 1.71. The van der Waals surface area contributed by atoms with Crippen molar-refractivity contribution >= 4 is 23.0 Å². The summed E-state index contributed by atoms with van der Waals surface area (Å²) in [5.74, 6) is -0.487. The number of anilines is 1. The lowest BCUT2D eigenvalue weighted by Gasteiger charge is -2.61. The number of nitrogens with two attached hydrogens (primary N) is 1. The average molecular weight is 458 g/mol. The number of carbonyl (C=O) groups is 1. The number of esters is 1. The van der Waals surface area contributed by atoms with Gasteiger partial charge in [0, 0.05) is 32.3 Å². The van der Waals surface area contributed by atoms with Crippen molar-refractivity contribution < 1.29 is 24.1 Å². The van der Waals surface area contributed by atoms with Crippen molar-refractivity contribution in [3.05, 3.63) is 24.3 Å². The van der Waals surface area contributed by atoms with Crippen LogP contribution in [0.3, 0.4) is 0 Å². The van der Waals surface area contributed by atoms with Crippen LogP contribution in [-0.2, 0) is 19.0 Å². The number of hydrogen-bond acceptors (Lipinski definition) is 9. The van der Waals surface area contributed by atoms with Gasteiger partial charge in [0.25, 0.3) is 0 Å². The molecule has 1 saturated heterocycles. The molecular formula is C23H31N5O5. The molecule has 1 saturated carbocycles. The Bertz CT molecular complexity index is 1130. The lowest BCUT2D eigenvalue weighted by Crippen LogP contribution is -2.68. The van der Waals surface area contributed by atoms with Gasteiger partial charge in [-0.25, -0.2) is 15.0 Å². The Morgan fingerprint density at radius 1 is 1.33 bits per heavy atom. The summed E-state index contributed by atoms with van der Waals surface area (Å²) in [6.45, 7) is 7.62. The average Bonchev–Trinajstić information content (AvgIpc) is 3.27. The molecule has 5 rings (SSSR count). The Kier molecular flexibility index (Phi) is 5.04. The number of rotatable bonds is 3. The second kappa shape index (κ2) is 7.48. The van der Waals surface area contributed by atoms with Gasteiger partial charge in [0.1, 0.15) is 23.5 Å². The predicted octanol–water partition coefficient (Wildman–Crippen LogP) is 2.00. The first-order chi connectivity index (χ1) is 15.6. The Labute approximate surface area is 192 Å². The van der Waals surface area contributed by atoms with Gasteiger partial charge < -0.3 is 29.6 Å². The minimum absolute atomic E-state index is 0.0644. The fraction of sp³-hybridized carbons (Fsp3) is 0.652. The molecule has 3 aliphatic rings. The highest BCUT2D eigenvalue weighted by atomic mass is 16.7. The Morgan fingerprint density at radius 3 is 2.76 bits per heavy atom. The molecule has 7 atom stereocenters. The number of imidazole rings is 1. The van der Waals surface area contributed by atoms with Gasteiger partial charge in [0.15, 0.2) is 17.8 Å². The van der Waals surface area contributed by atoms with Crippen LogP contribution in [0.15, 0.2) is 24.3 Å². The zero-order valence-corrected chi connectivity index (χ0v) is 19.6. The van der Waals surface area contributed by atoms with Gasteiger partial charge in [-0.05, 0) is 18.8 Å². The molecule has 0 radical (unpaired) electrons. The van der Waals surface area contributed by atoms with E-state index in [1.807, 2.05) is 17.6 Å². The van der Waals surface area contributed by atoms with E-state index in [0.29, 0.717) is 23.4 Å². The molecule has 10 heteroatoms. The van der Waals surface area contributed by atoms with Crippen molar-refractivity contribution in [1.82, 2.24) is 19.5 Å². The molecule has 1 aliphatic heterocycles. The summed E-state index contributed by atoms with van der Waals surface area (Å²) >= 11 is 0. The quantitative estimate of drug-likeness (QED) is 0.524. The van der Waals surface area contributed by atoms with Crippen LogP contribution in [0, 0.1) is 17.3 Å². The Hall–Kier alpha value is -2.56. The van der Waals surface area contributed by atoms with E-state index in [-0.39, 0.29) is 29.3 Å². The number of aliphatic hydroxyl groups excluding tert-OH is 1. The lowest BCUT2D eigenvalue weighted by atomic mass is 9.47. The number of nitrogen functional groups attached to an aromatic ring is 1. The summed E-state index contributed by atoms with van der Waals surface area (Å²) in [5.41, 5.74) is 7.01. The summed E-state index contributed by atoms with van der Waals surface area (Å²) in [5, 5.41) is 11.3. The van der Waals surface area contributed by atoms with E-state index in [4.69, 9.17) is 19.9 Å². The molecule has 2 aromatic rings. The Morgan fingerprint density at radius 2 is 2.09 bits per heavy atom. The third-order valence-corrected chi connectivity index (χ3v) is 7.90. The van der Waals surface area contributed by atoms with Gasteiger partial charge in [-0.3, -0.25) is 4.79 Å². The number of methoxy groups -OCH3 is 1. The van der Waals surface area contributed by atoms with Gasteiger partial charge in [0.2, 0.25) is 0 Å². The number of aromatic nitrogens is 4. The first-order valence-corrected chi connectivity index (χ1v) is 11.3. The molecule has 2 aromatic heterocycles. The highest BCUT2D eigenvalue weighted by Crippen LogP contribution is 2.68. The fourth-order valence-corrected chi connectivity index (χ4v) is 6.61. The molecule has 2 fully saturated rings. The third-order valence-electron chi connectivity index (χ3n) is 7.90. The van der Waals surface area contributed by atoms with Crippen LogP contribution >= 0.6 is 0 Å². The minimum Gasteiger partial charge on any atom is -0.459 e. The minimum atomic E-state index is -1.08. The first kappa shape index (κ1) is 22.2. The number of hydrogen-bond donors (Lipinski definition) is 2. The van der Waals surface area contributed by atoms with Crippen LogP contribution in [-0.4, -0.2) is 61.8 Å². The highest BCUT2D eigenvalue weighted by molar-refractivity contribution is 5.81. The second-order valence-electron chi connectivity index (χ2n) is 10.2. The summed E-state index contributed by atoms with van der Waals surface area (Å²) in [6, 6.07) is -0.377. The number of ether oxygens (including phenoxy) is 3. The second-order valence-corrected chi connectivity index (χ2v) is 10.2. The van der Waals surface area contributed by atoms with Crippen LogP contribution < -0.4 is 5.73 Å². The van der Waals surface area contributed by atoms with E-state index < -0.39 is 24.1 Å². The van der Waals surface area contributed by atoms with Crippen molar-refractivity contribution in [1.29, 1.82) is 0 Å². The molecule has 0 amide bonds. The molecule has 33 heavy (non-hydrogen) atoms. The maximum Gasteiger partial charge on any atom is 0.303 e. The number of aliphatic hydroxyl groups is 1. The van der Waals surface area contributed by atoms with Crippen LogP contribution in [0.2, 0.25) is 0 Å².